The fourth-order valence-corrected chi connectivity index (χ4v) is 2.20. The summed E-state index contributed by atoms with van der Waals surface area (Å²) >= 11 is 6.00. The van der Waals surface area contributed by atoms with E-state index < -0.39 is 5.82 Å². The van der Waals surface area contributed by atoms with Crippen LogP contribution >= 0.6 is 11.6 Å². The van der Waals surface area contributed by atoms with E-state index in [1.54, 1.807) is 18.2 Å². The second kappa shape index (κ2) is 6.10. The van der Waals surface area contributed by atoms with Crippen molar-refractivity contribution in [1.29, 1.82) is 0 Å². The second-order valence-electron chi connectivity index (χ2n) is 4.22. The van der Waals surface area contributed by atoms with Gasteiger partial charge in [0, 0.05) is 5.02 Å². The van der Waals surface area contributed by atoms with Crippen molar-refractivity contribution in [1.82, 2.24) is 5.43 Å². The number of halogens is 3. The minimum absolute atomic E-state index is 0.265. The lowest BCUT2D eigenvalue weighted by atomic mass is 9.99. The molecule has 0 saturated heterocycles. The summed E-state index contributed by atoms with van der Waals surface area (Å²) in [4.78, 5) is 0. The summed E-state index contributed by atoms with van der Waals surface area (Å²) < 4.78 is 25.8. The number of nitrogens with two attached hydrogens (primary N) is 1. The number of hydrazine groups is 1. The third-order valence-corrected chi connectivity index (χ3v) is 3.22. The highest BCUT2D eigenvalue weighted by Crippen LogP contribution is 2.26. The molecule has 0 fully saturated rings. The van der Waals surface area contributed by atoms with E-state index in [1.807, 2.05) is 0 Å². The Bertz CT molecular complexity index is 558. The molecule has 100 valence electrons. The average molecular weight is 283 g/mol. The van der Waals surface area contributed by atoms with E-state index in [9.17, 15) is 8.78 Å². The van der Waals surface area contributed by atoms with Gasteiger partial charge in [-0.2, -0.15) is 0 Å². The van der Waals surface area contributed by atoms with Crippen LogP contribution in [-0.4, -0.2) is 0 Å². The molecule has 0 saturated carbocycles. The second-order valence-corrected chi connectivity index (χ2v) is 4.62. The highest BCUT2D eigenvalue weighted by molar-refractivity contribution is 6.31. The van der Waals surface area contributed by atoms with Crippen LogP contribution in [0.25, 0.3) is 0 Å². The molecule has 2 nitrogen and oxygen atoms in total. The van der Waals surface area contributed by atoms with Crippen LogP contribution in [0.3, 0.4) is 0 Å². The summed E-state index contributed by atoms with van der Waals surface area (Å²) in [5, 5.41) is 0.310. The molecular weight excluding hydrogens is 270 g/mol. The quantitative estimate of drug-likeness (QED) is 0.666. The normalized spacial score (nSPS) is 12.4. The molecule has 1 unspecified atom stereocenters. The Morgan fingerprint density at radius 1 is 1.05 bits per heavy atom. The highest BCUT2D eigenvalue weighted by atomic mass is 35.5. The smallest absolute Gasteiger partial charge is 0.124 e. The zero-order chi connectivity index (χ0) is 13.8. The standard InChI is InChI=1S/C14H13ClF2N2/c15-13-8-11(17)5-6-12(13)14(19-18)7-9-1-3-10(16)4-2-9/h1-6,8,14,19H,7,18H2. The van der Waals surface area contributed by atoms with E-state index in [1.165, 1.54) is 24.3 Å². The largest absolute Gasteiger partial charge is 0.271 e. The van der Waals surface area contributed by atoms with Gasteiger partial charge in [0.15, 0.2) is 0 Å². The molecule has 0 aromatic heterocycles. The predicted octanol–water partition coefficient (Wildman–Crippen LogP) is 3.37. The van der Waals surface area contributed by atoms with Crippen molar-refractivity contribution in [3.8, 4) is 0 Å². The van der Waals surface area contributed by atoms with E-state index in [-0.39, 0.29) is 11.9 Å². The molecule has 0 amide bonds. The van der Waals surface area contributed by atoms with Crippen molar-refractivity contribution in [2.45, 2.75) is 12.5 Å². The Kier molecular flexibility index (Phi) is 4.47. The Morgan fingerprint density at radius 2 is 1.68 bits per heavy atom. The number of nitrogens with one attached hydrogen (secondary N) is 1. The monoisotopic (exact) mass is 282 g/mol. The summed E-state index contributed by atoms with van der Waals surface area (Å²) in [6, 6.07) is 10.0. The van der Waals surface area contributed by atoms with Crippen LogP contribution < -0.4 is 11.3 Å². The van der Waals surface area contributed by atoms with Crippen LogP contribution in [-0.2, 0) is 6.42 Å². The lowest BCUT2D eigenvalue weighted by molar-refractivity contribution is 0.548. The molecule has 2 aromatic carbocycles. The van der Waals surface area contributed by atoms with Crippen molar-refractivity contribution in [3.05, 3.63) is 70.2 Å². The Morgan fingerprint density at radius 3 is 2.26 bits per heavy atom. The van der Waals surface area contributed by atoms with Crippen LogP contribution in [0.1, 0.15) is 17.2 Å². The molecule has 19 heavy (non-hydrogen) atoms. The average Bonchev–Trinajstić information content (AvgIpc) is 2.39. The van der Waals surface area contributed by atoms with Crippen molar-refractivity contribution in [2.24, 2.45) is 5.84 Å². The summed E-state index contributed by atoms with van der Waals surface area (Å²) in [6.45, 7) is 0. The van der Waals surface area contributed by atoms with Gasteiger partial charge in [0.2, 0.25) is 0 Å². The maximum absolute atomic E-state index is 13.0. The molecule has 0 radical (unpaired) electrons. The molecule has 0 bridgehead atoms. The summed E-state index contributed by atoms with van der Waals surface area (Å²) in [7, 11) is 0. The molecule has 2 aromatic rings. The van der Waals surface area contributed by atoms with Gasteiger partial charge >= 0.3 is 0 Å². The van der Waals surface area contributed by atoms with E-state index >= 15 is 0 Å². The Balaban J connectivity index is 2.22. The lowest BCUT2D eigenvalue weighted by Crippen LogP contribution is -2.29. The van der Waals surface area contributed by atoms with Gasteiger partial charge < -0.3 is 0 Å². The predicted molar refractivity (Wildman–Crippen MR) is 71.6 cm³/mol. The van der Waals surface area contributed by atoms with E-state index in [0.29, 0.717) is 17.0 Å². The molecule has 0 spiro atoms. The van der Waals surface area contributed by atoms with Gasteiger partial charge in [-0.25, -0.2) is 8.78 Å². The number of hydrogen-bond donors (Lipinski definition) is 2. The molecule has 0 aliphatic carbocycles. The van der Waals surface area contributed by atoms with E-state index in [0.717, 1.165) is 5.56 Å². The first-order chi connectivity index (χ1) is 9.10. The van der Waals surface area contributed by atoms with Crippen molar-refractivity contribution >= 4 is 11.6 Å². The van der Waals surface area contributed by atoms with Crippen LogP contribution in [0, 0.1) is 11.6 Å². The van der Waals surface area contributed by atoms with Crippen molar-refractivity contribution in [3.63, 3.8) is 0 Å². The molecule has 0 aliphatic rings. The first kappa shape index (κ1) is 13.9. The van der Waals surface area contributed by atoms with Gasteiger partial charge in [-0.1, -0.05) is 29.8 Å². The van der Waals surface area contributed by atoms with Gasteiger partial charge in [0.25, 0.3) is 0 Å². The van der Waals surface area contributed by atoms with Gasteiger partial charge in [0.1, 0.15) is 11.6 Å². The summed E-state index contributed by atoms with van der Waals surface area (Å²) in [5.74, 6) is 4.83. The van der Waals surface area contributed by atoms with Crippen LogP contribution in [0.4, 0.5) is 8.78 Å². The fraction of sp³-hybridized carbons (Fsp3) is 0.143. The lowest BCUT2D eigenvalue weighted by Gasteiger charge is -2.18. The van der Waals surface area contributed by atoms with Crippen LogP contribution in [0.2, 0.25) is 5.02 Å². The Hall–Kier alpha value is -1.49. The van der Waals surface area contributed by atoms with Crippen LogP contribution in [0.5, 0.6) is 0 Å². The molecular formula is C14H13ClF2N2. The summed E-state index contributed by atoms with van der Waals surface area (Å²) in [6.07, 6.45) is 0.530. The van der Waals surface area contributed by atoms with Crippen molar-refractivity contribution in [2.75, 3.05) is 0 Å². The molecule has 2 rings (SSSR count). The van der Waals surface area contributed by atoms with Gasteiger partial charge in [-0.05, 0) is 41.8 Å². The maximum atomic E-state index is 13.0. The SMILES string of the molecule is NNC(Cc1ccc(F)cc1)c1ccc(F)cc1Cl. The minimum Gasteiger partial charge on any atom is -0.271 e. The van der Waals surface area contributed by atoms with Gasteiger partial charge in [-0.15, -0.1) is 0 Å². The third kappa shape index (κ3) is 3.50. The minimum atomic E-state index is -0.397. The molecule has 3 N–H and O–H groups in total. The molecule has 5 heteroatoms. The van der Waals surface area contributed by atoms with E-state index in [2.05, 4.69) is 5.43 Å². The first-order valence-corrected chi connectivity index (χ1v) is 6.13. The van der Waals surface area contributed by atoms with Gasteiger partial charge in [0.05, 0.1) is 6.04 Å². The highest BCUT2D eigenvalue weighted by Gasteiger charge is 2.14. The van der Waals surface area contributed by atoms with E-state index in [4.69, 9.17) is 17.4 Å². The number of hydrogen-bond acceptors (Lipinski definition) is 2. The third-order valence-electron chi connectivity index (χ3n) is 2.89. The summed E-state index contributed by atoms with van der Waals surface area (Å²) in [5.41, 5.74) is 4.25. The Labute approximate surface area is 115 Å². The molecule has 1 atom stereocenters. The number of benzene rings is 2. The molecule has 0 aliphatic heterocycles. The number of rotatable bonds is 4. The zero-order valence-corrected chi connectivity index (χ0v) is 10.8. The zero-order valence-electron chi connectivity index (χ0n) is 10.0. The topological polar surface area (TPSA) is 38.0 Å². The first-order valence-electron chi connectivity index (χ1n) is 5.75. The molecule has 0 heterocycles. The van der Waals surface area contributed by atoms with Gasteiger partial charge in [-0.3, -0.25) is 11.3 Å². The van der Waals surface area contributed by atoms with Crippen molar-refractivity contribution < 1.29 is 8.78 Å². The van der Waals surface area contributed by atoms with Crippen LogP contribution in [0.15, 0.2) is 42.5 Å². The fourth-order valence-electron chi connectivity index (χ4n) is 1.90. The maximum Gasteiger partial charge on any atom is 0.124 e.